The molecule has 0 aliphatic heterocycles. The van der Waals surface area contributed by atoms with Gasteiger partial charge in [0.25, 0.3) is 0 Å². The number of hydrogen-bond donors (Lipinski definition) is 0. The van der Waals surface area contributed by atoms with Gasteiger partial charge in [0.15, 0.2) is 5.78 Å². The van der Waals surface area contributed by atoms with E-state index in [1.165, 1.54) is 11.0 Å². The Balaban J connectivity index is 1.75. The molecule has 0 saturated heterocycles. The van der Waals surface area contributed by atoms with Gasteiger partial charge in [0.05, 0.1) is 10.7 Å². The van der Waals surface area contributed by atoms with Gasteiger partial charge in [-0.25, -0.2) is 4.39 Å². The number of Topliss-reactive ketones (excluding diaryl/α,β-unsaturated/α-hetero) is 1. The summed E-state index contributed by atoms with van der Waals surface area (Å²) in [6.45, 7) is 3.65. The molecule has 4 nitrogen and oxygen atoms in total. The standard InChI is InChI=1S/C25H24ClFN2O2/c1-4-25(31)29(3)23-11-9-19(14-22(23)27)18-8-10-20(21(26)13-18)24(30)12-7-17-6-5-16(2)28-15-17/h5-6,8-11,13-15H,4,7,12H2,1-3H3. The summed E-state index contributed by atoms with van der Waals surface area (Å²) in [5.41, 5.74) is 3.90. The zero-order chi connectivity index (χ0) is 22.5. The first-order chi connectivity index (χ1) is 14.8. The molecule has 1 heterocycles. The van der Waals surface area contributed by atoms with Crippen LogP contribution in [-0.4, -0.2) is 23.7 Å². The summed E-state index contributed by atoms with van der Waals surface area (Å²) in [7, 11) is 1.55. The minimum Gasteiger partial charge on any atom is -0.313 e. The number of hydrogen-bond acceptors (Lipinski definition) is 3. The Kier molecular flexibility index (Phi) is 7.18. The number of halogens is 2. The quantitative estimate of drug-likeness (QED) is 0.422. The van der Waals surface area contributed by atoms with Crippen molar-refractivity contribution in [1.29, 1.82) is 0 Å². The molecule has 0 saturated carbocycles. The van der Waals surface area contributed by atoms with Gasteiger partial charge in [-0.15, -0.1) is 0 Å². The number of rotatable bonds is 7. The molecule has 0 N–H and O–H groups in total. The number of carbonyl (C=O) groups is 2. The average Bonchev–Trinajstić information content (AvgIpc) is 2.77. The molecule has 0 unspecified atom stereocenters. The van der Waals surface area contributed by atoms with Crippen molar-refractivity contribution in [3.8, 4) is 11.1 Å². The van der Waals surface area contributed by atoms with Crippen molar-refractivity contribution < 1.29 is 14.0 Å². The topological polar surface area (TPSA) is 50.3 Å². The van der Waals surface area contributed by atoms with E-state index in [0.717, 1.165) is 11.3 Å². The number of ketones is 1. The monoisotopic (exact) mass is 438 g/mol. The molecular formula is C25H24ClFN2O2. The van der Waals surface area contributed by atoms with E-state index in [1.807, 2.05) is 19.1 Å². The fraction of sp³-hybridized carbons (Fsp3) is 0.240. The van der Waals surface area contributed by atoms with E-state index in [-0.39, 0.29) is 17.4 Å². The second kappa shape index (κ2) is 9.84. The molecule has 1 amide bonds. The maximum atomic E-state index is 14.6. The fourth-order valence-electron chi connectivity index (χ4n) is 3.29. The molecule has 0 spiro atoms. The van der Waals surface area contributed by atoms with Gasteiger partial charge in [-0.05, 0) is 60.4 Å². The number of aryl methyl sites for hydroxylation is 2. The highest BCUT2D eigenvalue weighted by atomic mass is 35.5. The third kappa shape index (κ3) is 5.36. The Bertz CT molecular complexity index is 1110. The van der Waals surface area contributed by atoms with Crippen LogP contribution in [0, 0.1) is 12.7 Å². The van der Waals surface area contributed by atoms with Gasteiger partial charge in [-0.1, -0.05) is 36.7 Å². The molecule has 1 aromatic heterocycles. The molecule has 0 bridgehead atoms. The second-order valence-electron chi connectivity index (χ2n) is 7.40. The Morgan fingerprint density at radius 1 is 1.06 bits per heavy atom. The molecule has 6 heteroatoms. The molecule has 0 atom stereocenters. The van der Waals surface area contributed by atoms with Gasteiger partial charge in [0, 0.05) is 37.3 Å². The minimum atomic E-state index is -0.496. The normalized spacial score (nSPS) is 10.7. The smallest absolute Gasteiger partial charge is 0.226 e. The summed E-state index contributed by atoms with van der Waals surface area (Å²) < 4.78 is 14.6. The van der Waals surface area contributed by atoms with Crippen molar-refractivity contribution in [3.05, 3.63) is 82.4 Å². The second-order valence-corrected chi connectivity index (χ2v) is 7.81. The van der Waals surface area contributed by atoms with E-state index in [4.69, 9.17) is 11.6 Å². The van der Waals surface area contributed by atoms with Gasteiger partial charge < -0.3 is 4.90 Å². The Morgan fingerprint density at radius 3 is 2.39 bits per heavy atom. The highest BCUT2D eigenvalue weighted by molar-refractivity contribution is 6.34. The average molecular weight is 439 g/mol. The zero-order valence-corrected chi connectivity index (χ0v) is 18.5. The first-order valence-electron chi connectivity index (χ1n) is 10.1. The molecule has 0 aliphatic carbocycles. The van der Waals surface area contributed by atoms with Crippen LogP contribution in [0.1, 0.15) is 41.4 Å². The fourth-order valence-corrected chi connectivity index (χ4v) is 3.58. The largest absolute Gasteiger partial charge is 0.313 e. The molecule has 0 aliphatic rings. The van der Waals surface area contributed by atoms with Crippen molar-refractivity contribution in [2.45, 2.75) is 33.1 Å². The van der Waals surface area contributed by atoms with Crippen LogP contribution in [0.3, 0.4) is 0 Å². The number of pyridine rings is 1. The lowest BCUT2D eigenvalue weighted by Gasteiger charge is -2.18. The van der Waals surface area contributed by atoms with Crippen LogP contribution in [0.2, 0.25) is 5.02 Å². The van der Waals surface area contributed by atoms with Crippen molar-refractivity contribution in [1.82, 2.24) is 4.98 Å². The van der Waals surface area contributed by atoms with Crippen LogP contribution in [0.25, 0.3) is 11.1 Å². The Morgan fingerprint density at radius 2 is 1.77 bits per heavy atom. The molecule has 0 fully saturated rings. The third-order valence-corrected chi connectivity index (χ3v) is 5.51. The van der Waals surface area contributed by atoms with Gasteiger partial charge in [-0.3, -0.25) is 14.6 Å². The zero-order valence-electron chi connectivity index (χ0n) is 17.8. The maximum Gasteiger partial charge on any atom is 0.226 e. The van der Waals surface area contributed by atoms with Crippen molar-refractivity contribution >= 4 is 29.0 Å². The van der Waals surface area contributed by atoms with E-state index in [0.29, 0.717) is 41.0 Å². The van der Waals surface area contributed by atoms with Crippen LogP contribution in [0.4, 0.5) is 10.1 Å². The van der Waals surface area contributed by atoms with E-state index in [9.17, 15) is 14.0 Å². The van der Waals surface area contributed by atoms with Gasteiger partial charge in [0.2, 0.25) is 5.91 Å². The number of amides is 1. The first kappa shape index (κ1) is 22.6. The van der Waals surface area contributed by atoms with Crippen LogP contribution < -0.4 is 4.90 Å². The predicted octanol–water partition coefficient (Wildman–Crippen LogP) is 6.04. The lowest BCUT2D eigenvalue weighted by Crippen LogP contribution is -2.25. The summed E-state index contributed by atoms with van der Waals surface area (Å²) in [6.07, 6.45) is 2.98. The molecule has 2 aromatic carbocycles. The summed E-state index contributed by atoms with van der Waals surface area (Å²) in [4.78, 5) is 30.0. The maximum absolute atomic E-state index is 14.6. The van der Waals surface area contributed by atoms with Gasteiger partial charge in [-0.2, -0.15) is 0 Å². The third-order valence-electron chi connectivity index (χ3n) is 5.20. The highest BCUT2D eigenvalue weighted by Crippen LogP contribution is 2.30. The minimum absolute atomic E-state index is 0.0571. The lowest BCUT2D eigenvalue weighted by atomic mass is 9.99. The van der Waals surface area contributed by atoms with Crippen molar-refractivity contribution in [3.63, 3.8) is 0 Å². The number of carbonyl (C=O) groups excluding carboxylic acids is 2. The summed E-state index contributed by atoms with van der Waals surface area (Å²) in [5, 5.41) is 0.326. The summed E-state index contributed by atoms with van der Waals surface area (Å²) in [5.74, 6) is -0.720. The molecular weight excluding hydrogens is 415 g/mol. The molecule has 160 valence electrons. The van der Waals surface area contributed by atoms with E-state index < -0.39 is 5.82 Å². The number of anilines is 1. The van der Waals surface area contributed by atoms with E-state index >= 15 is 0 Å². The number of aromatic nitrogens is 1. The van der Waals surface area contributed by atoms with E-state index in [1.54, 1.807) is 50.5 Å². The van der Waals surface area contributed by atoms with Gasteiger partial charge >= 0.3 is 0 Å². The summed E-state index contributed by atoms with van der Waals surface area (Å²) in [6, 6.07) is 13.6. The highest BCUT2D eigenvalue weighted by Gasteiger charge is 2.16. The van der Waals surface area contributed by atoms with Crippen LogP contribution in [0.15, 0.2) is 54.7 Å². The van der Waals surface area contributed by atoms with Crippen molar-refractivity contribution in [2.75, 3.05) is 11.9 Å². The Labute approximate surface area is 186 Å². The molecule has 3 rings (SSSR count). The summed E-state index contributed by atoms with van der Waals surface area (Å²) >= 11 is 6.38. The van der Waals surface area contributed by atoms with Crippen molar-refractivity contribution in [2.24, 2.45) is 0 Å². The SMILES string of the molecule is CCC(=O)N(C)c1ccc(-c2ccc(C(=O)CCc3ccc(C)nc3)c(Cl)c2)cc1F. The Hall–Kier alpha value is -3.05. The number of nitrogens with zero attached hydrogens (tertiary/aromatic N) is 2. The molecule has 31 heavy (non-hydrogen) atoms. The number of benzene rings is 2. The van der Waals surface area contributed by atoms with Crippen LogP contribution in [0.5, 0.6) is 0 Å². The molecule has 3 aromatic rings. The van der Waals surface area contributed by atoms with E-state index in [2.05, 4.69) is 4.98 Å². The molecule has 0 radical (unpaired) electrons. The first-order valence-corrected chi connectivity index (χ1v) is 10.5. The van der Waals surface area contributed by atoms with Gasteiger partial charge in [0.1, 0.15) is 5.82 Å². The lowest BCUT2D eigenvalue weighted by molar-refractivity contribution is -0.118. The van der Waals surface area contributed by atoms with Crippen LogP contribution in [-0.2, 0) is 11.2 Å². The van der Waals surface area contributed by atoms with Crippen LogP contribution >= 0.6 is 11.6 Å². The predicted molar refractivity (Wildman–Crippen MR) is 122 cm³/mol.